The first kappa shape index (κ1) is 7.54. The minimum Gasteiger partial charge on any atom is -0.468 e. The van der Waals surface area contributed by atoms with Crippen LogP contribution in [0.4, 0.5) is 0 Å². The van der Waals surface area contributed by atoms with E-state index < -0.39 is 0 Å². The summed E-state index contributed by atoms with van der Waals surface area (Å²) in [6, 6.07) is -0.0995. The van der Waals surface area contributed by atoms with Gasteiger partial charge in [0.2, 0.25) is 0 Å². The molecule has 0 spiro atoms. The van der Waals surface area contributed by atoms with Gasteiger partial charge in [-0.15, -0.1) is 0 Å². The summed E-state index contributed by atoms with van der Waals surface area (Å²) in [5.74, 6) is -0.156. The molecule has 0 bridgehead atoms. The molecule has 1 saturated heterocycles. The van der Waals surface area contributed by atoms with Crippen molar-refractivity contribution in [3.63, 3.8) is 0 Å². The van der Waals surface area contributed by atoms with Crippen LogP contribution in [0.2, 0.25) is 0 Å². The molecule has 10 heavy (non-hydrogen) atoms. The fourth-order valence-corrected chi connectivity index (χ4v) is 1.13. The van der Waals surface area contributed by atoms with Crippen LogP contribution in [-0.2, 0) is 9.53 Å². The molecule has 1 rings (SSSR count). The topological polar surface area (TPSA) is 38.3 Å². The highest BCUT2D eigenvalue weighted by atomic mass is 16.5. The number of hydrogen-bond donors (Lipinski definition) is 1. The molecule has 1 aliphatic heterocycles. The van der Waals surface area contributed by atoms with E-state index in [0.717, 1.165) is 6.54 Å². The van der Waals surface area contributed by atoms with Crippen molar-refractivity contribution in [2.75, 3.05) is 13.7 Å². The van der Waals surface area contributed by atoms with Crippen molar-refractivity contribution in [3.8, 4) is 0 Å². The average molecular weight is 143 g/mol. The standard InChI is InChI=1S/C7H13NO2/c1-7(2)4-8-5(7)6(9)10-3/h5,8H,4H2,1-3H3. The number of hydrogen-bond acceptors (Lipinski definition) is 3. The van der Waals surface area contributed by atoms with Gasteiger partial charge in [0.05, 0.1) is 7.11 Å². The quantitative estimate of drug-likeness (QED) is 0.531. The number of methoxy groups -OCH3 is 1. The van der Waals surface area contributed by atoms with Crippen LogP contribution in [0.25, 0.3) is 0 Å². The Kier molecular flexibility index (Phi) is 1.68. The van der Waals surface area contributed by atoms with Crippen LogP contribution in [0.1, 0.15) is 13.8 Å². The molecule has 58 valence electrons. The Morgan fingerprint density at radius 1 is 1.70 bits per heavy atom. The van der Waals surface area contributed by atoms with Crippen LogP contribution in [0.5, 0.6) is 0 Å². The number of ether oxygens (including phenoxy) is 1. The zero-order chi connectivity index (χ0) is 7.78. The van der Waals surface area contributed by atoms with Crippen LogP contribution in [0.3, 0.4) is 0 Å². The molecule has 0 aliphatic carbocycles. The zero-order valence-electron chi connectivity index (χ0n) is 6.60. The summed E-state index contributed by atoms with van der Waals surface area (Å²) in [5, 5.41) is 3.01. The lowest BCUT2D eigenvalue weighted by atomic mass is 9.77. The third kappa shape index (κ3) is 1.01. The third-order valence-electron chi connectivity index (χ3n) is 1.98. The second-order valence-corrected chi connectivity index (χ2v) is 3.33. The van der Waals surface area contributed by atoms with E-state index in [1.165, 1.54) is 7.11 Å². The molecule has 1 unspecified atom stereocenters. The molecular weight excluding hydrogens is 130 g/mol. The summed E-state index contributed by atoms with van der Waals surface area (Å²) in [5.41, 5.74) is 0.0765. The lowest BCUT2D eigenvalue weighted by Gasteiger charge is -2.43. The van der Waals surface area contributed by atoms with E-state index in [9.17, 15) is 4.79 Å². The Bertz CT molecular complexity index is 154. The van der Waals surface area contributed by atoms with Gasteiger partial charge in [-0.05, 0) is 0 Å². The molecule has 0 aromatic rings. The van der Waals surface area contributed by atoms with Crippen LogP contribution in [-0.4, -0.2) is 25.7 Å². The SMILES string of the molecule is COC(=O)C1NCC1(C)C. The first-order chi connectivity index (χ1) is 4.58. The number of carbonyl (C=O) groups excluding carboxylic acids is 1. The van der Waals surface area contributed by atoms with Crippen molar-refractivity contribution in [2.45, 2.75) is 19.9 Å². The predicted octanol–water partition coefficient (Wildman–Crippen LogP) is 0.157. The van der Waals surface area contributed by atoms with Gasteiger partial charge >= 0.3 is 5.97 Å². The smallest absolute Gasteiger partial charge is 0.323 e. The monoisotopic (exact) mass is 143 g/mol. The first-order valence-electron chi connectivity index (χ1n) is 3.39. The Balaban J connectivity index is 2.51. The molecule has 0 saturated carbocycles. The normalized spacial score (nSPS) is 28.9. The van der Waals surface area contributed by atoms with Gasteiger partial charge in [-0.1, -0.05) is 13.8 Å². The molecule has 0 aromatic carbocycles. The predicted molar refractivity (Wildman–Crippen MR) is 37.6 cm³/mol. The van der Waals surface area contributed by atoms with E-state index in [-0.39, 0.29) is 17.4 Å². The van der Waals surface area contributed by atoms with E-state index in [1.54, 1.807) is 0 Å². The summed E-state index contributed by atoms with van der Waals surface area (Å²) in [6.07, 6.45) is 0. The maximum absolute atomic E-state index is 10.9. The molecule has 3 nitrogen and oxygen atoms in total. The van der Waals surface area contributed by atoms with Crippen molar-refractivity contribution < 1.29 is 9.53 Å². The largest absolute Gasteiger partial charge is 0.468 e. The second kappa shape index (κ2) is 2.23. The van der Waals surface area contributed by atoms with Crippen LogP contribution in [0.15, 0.2) is 0 Å². The van der Waals surface area contributed by atoms with Gasteiger partial charge in [-0.3, -0.25) is 4.79 Å². The third-order valence-corrected chi connectivity index (χ3v) is 1.98. The molecule has 1 fully saturated rings. The lowest BCUT2D eigenvalue weighted by Crippen LogP contribution is -2.63. The number of nitrogens with one attached hydrogen (secondary N) is 1. The highest BCUT2D eigenvalue weighted by Gasteiger charge is 2.43. The van der Waals surface area contributed by atoms with E-state index in [4.69, 9.17) is 0 Å². The lowest BCUT2D eigenvalue weighted by molar-refractivity contribution is -0.150. The Morgan fingerprint density at radius 2 is 2.30 bits per heavy atom. The van der Waals surface area contributed by atoms with Gasteiger partial charge in [0.15, 0.2) is 0 Å². The molecule has 0 aromatic heterocycles. The molecule has 1 atom stereocenters. The fourth-order valence-electron chi connectivity index (χ4n) is 1.13. The van der Waals surface area contributed by atoms with Gasteiger partial charge in [-0.25, -0.2) is 0 Å². The molecule has 0 radical (unpaired) electrons. The minimum atomic E-state index is -0.156. The average Bonchev–Trinajstić information content (AvgIpc) is 1.86. The summed E-state index contributed by atoms with van der Waals surface area (Å²) in [4.78, 5) is 10.9. The Morgan fingerprint density at radius 3 is 2.40 bits per heavy atom. The van der Waals surface area contributed by atoms with Gasteiger partial charge in [0.1, 0.15) is 6.04 Å². The van der Waals surface area contributed by atoms with Gasteiger partial charge in [-0.2, -0.15) is 0 Å². The maximum Gasteiger partial charge on any atom is 0.323 e. The van der Waals surface area contributed by atoms with E-state index in [1.807, 2.05) is 13.8 Å². The van der Waals surface area contributed by atoms with Crippen molar-refractivity contribution in [1.82, 2.24) is 5.32 Å². The zero-order valence-corrected chi connectivity index (χ0v) is 6.60. The second-order valence-electron chi connectivity index (χ2n) is 3.33. The van der Waals surface area contributed by atoms with E-state index in [2.05, 4.69) is 10.1 Å². The number of esters is 1. The minimum absolute atomic E-state index is 0.0765. The Hall–Kier alpha value is -0.570. The maximum atomic E-state index is 10.9. The molecule has 1 heterocycles. The molecule has 1 N–H and O–H groups in total. The molecular formula is C7H13NO2. The van der Waals surface area contributed by atoms with Gasteiger partial charge in [0, 0.05) is 12.0 Å². The van der Waals surface area contributed by atoms with Crippen molar-refractivity contribution >= 4 is 5.97 Å². The van der Waals surface area contributed by atoms with Crippen molar-refractivity contribution in [1.29, 1.82) is 0 Å². The molecule has 3 heteroatoms. The summed E-state index contributed by atoms with van der Waals surface area (Å²) in [7, 11) is 1.42. The highest BCUT2D eigenvalue weighted by molar-refractivity contribution is 5.78. The fraction of sp³-hybridized carbons (Fsp3) is 0.857. The van der Waals surface area contributed by atoms with Crippen molar-refractivity contribution in [3.05, 3.63) is 0 Å². The molecule has 1 aliphatic rings. The van der Waals surface area contributed by atoms with Crippen LogP contribution < -0.4 is 5.32 Å². The van der Waals surface area contributed by atoms with Crippen LogP contribution >= 0.6 is 0 Å². The number of carbonyl (C=O) groups is 1. The summed E-state index contributed by atoms with van der Waals surface area (Å²) >= 11 is 0. The highest BCUT2D eigenvalue weighted by Crippen LogP contribution is 2.28. The van der Waals surface area contributed by atoms with Gasteiger partial charge in [0.25, 0.3) is 0 Å². The van der Waals surface area contributed by atoms with Crippen LogP contribution in [0, 0.1) is 5.41 Å². The molecule has 0 amide bonds. The van der Waals surface area contributed by atoms with E-state index >= 15 is 0 Å². The Labute approximate surface area is 60.7 Å². The number of rotatable bonds is 1. The van der Waals surface area contributed by atoms with Gasteiger partial charge < -0.3 is 10.1 Å². The van der Waals surface area contributed by atoms with Crippen molar-refractivity contribution in [2.24, 2.45) is 5.41 Å². The van der Waals surface area contributed by atoms with E-state index in [0.29, 0.717) is 0 Å². The summed E-state index contributed by atoms with van der Waals surface area (Å²) < 4.78 is 4.59. The summed E-state index contributed by atoms with van der Waals surface area (Å²) in [6.45, 7) is 4.99. The first-order valence-corrected chi connectivity index (χ1v) is 3.39.